The summed E-state index contributed by atoms with van der Waals surface area (Å²) in [6.45, 7) is 3.59. The second-order valence-corrected chi connectivity index (χ2v) is 4.98. The number of carbonyl (C=O) groups excluding carboxylic acids is 2. The van der Waals surface area contributed by atoms with Crippen molar-refractivity contribution in [3.63, 3.8) is 0 Å². The van der Waals surface area contributed by atoms with Crippen LogP contribution in [-0.2, 0) is 9.53 Å². The number of hydrogen-bond acceptors (Lipinski definition) is 4. The van der Waals surface area contributed by atoms with E-state index < -0.39 is 5.97 Å². The Balaban J connectivity index is 2.33. The summed E-state index contributed by atoms with van der Waals surface area (Å²) in [6, 6.07) is 14.8. The number of esters is 1. The van der Waals surface area contributed by atoms with Gasteiger partial charge in [0.1, 0.15) is 5.75 Å². The molecule has 0 fully saturated rings. The van der Waals surface area contributed by atoms with Gasteiger partial charge in [-0.25, -0.2) is 4.79 Å². The summed E-state index contributed by atoms with van der Waals surface area (Å²) in [4.78, 5) is 23.7. The van der Waals surface area contributed by atoms with Gasteiger partial charge in [0, 0.05) is 23.1 Å². The van der Waals surface area contributed by atoms with Crippen molar-refractivity contribution in [1.29, 1.82) is 0 Å². The Morgan fingerprint density at radius 1 is 1.04 bits per heavy atom. The van der Waals surface area contributed by atoms with Crippen LogP contribution >= 0.6 is 0 Å². The summed E-state index contributed by atoms with van der Waals surface area (Å²) < 4.78 is 9.94. The molecule has 0 aliphatic rings. The molecule has 0 atom stereocenters. The number of rotatable bonds is 6. The van der Waals surface area contributed by atoms with E-state index in [0.717, 1.165) is 11.1 Å². The first-order valence-corrected chi connectivity index (χ1v) is 7.09. The summed E-state index contributed by atoms with van der Waals surface area (Å²) in [6.07, 6.45) is -0.0762. The molecule has 0 bridgehead atoms. The number of hydrogen-bond donors (Lipinski definition) is 0. The van der Waals surface area contributed by atoms with E-state index in [1.807, 2.05) is 30.3 Å². The van der Waals surface area contributed by atoms with Crippen molar-refractivity contribution in [2.45, 2.75) is 6.42 Å². The molecule has 4 nitrogen and oxygen atoms in total. The highest BCUT2D eigenvalue weighted by Gasteiger charge is 2.16. The number of Topliss-reactive ketones (excluding diaryl/α,β-unsaturated/α-hetero) is 1. The fraction of sp³-hybridized carbons (Fsp3) is 0.158. The molecule has 118 valence electrons. The van der Waals surface area contributed by atoms with E-state index in [1.165, 1.54) is 7.11 Å². The van der Waals surface area contributed by atoms with E-state index >= 15 is 0 Å². The summed E-state index contributed by atoms with van der Waals surface area (Å²) >= 11 is 0. The zero-order valence-corrected chi connectivity index (χ0v) is 13.2. The van der Waals surface area contributed by atoms with Gasteiger partial charge < -0.3 is 9.47 Å². The lowest BCUT2D eigenvalue weighted by atomic mass is 9.98. The Bertz CT molecular complexity index is 732. The van der Waals surface area contributed by atoms with Gasteiger partial charge in [0.05, 0.1) is 14.2 Å². The molecule has 2 aromatic carbocycles. The first-order chi connectivity index (χ1) is 11.1. The normalized spacial score (nSPS) is 10.0. The SMILES string of the molecule is C=C(CC(=O)c1ccc(OC)c(-c2ccccc2)c1)C(=O)OC. The van der Waals surface area contributed by atoms with Gasteiger partial charge in [-0.05, 0) is 23.8 Å². The third kappa shape index (κ3) is 3.86. The Morgan fingerprint density at radius 2 is 1.74 bits per heavy atom. The van der Waals surface area contributed by atoms with Crippen molar-refractivity contribution in [3.05, 3.63) is 66.2 Å². The van der Waals surface area contributed by atoms with Gasteiger partial charge in [-0.2, -0.15) is 0 Å². The molecular formula is C19H18O4. The highest BCUT2D eigenvalue weighted by atomic mass is 16.5. The summed E-state index contributed by atoms with van der Waals surface area (Å²) in [5, 5.41) is 0. The number of carbonyl (C=O) groups is 2. The quantitative estimate of drug-likeness (QED) is 0.464. The molecule has 2 rings (SSSR count). The summed E-state index contributed by atoms with van der Waals surface area (Å²) in [5.41, 5.74) is 2.40. The van der Waals surface area contributed by atoms with Crippen molar-refractivity contribution < 1.29 is 19.1 Å². The van der Waals surface area contributed by atoms with E-state index in [1.54, 1.807) is 25.3 Å². The zero-order chi connectivity index (χ0) is 16.8. The molecule has 2 aromatic rings. The van der Waals surface area contributed by atoms with Crippen molar-refractivity contribution in [1.82, 2.24) is 0 Å². The van der Waals surface area contributed by atoms with Crippen LogP contribution in [0.15, 0.2) is 60.7 Å². The van der Waals surface area contributed by atoms with Gasteiger partial charge in [0.2, 0.25) is 0 Å². The maximum absolute atomic E-state index is 12.3. The van der Waals surface area contributed by atoms with E-state index in [-0.39, 0.29) is 17.8 Å². The van der Waals surface area contributed by atoms with Crippen molar-refractivity contribution in [2.75, 3.05) is 14.2 Å². The average molecular weight is 310 g/mol. The van der Waals surface area contributed by atoms with Crippen LogP contribution in [0.2, 0.25) is 0 Å². The number of ketones is 1. The fourth-order valence-electron chi connectivity index (χ4n) is 2.24. The molecule has 0 saturated heterocycles. The van der Waals surface area contributed by atoms with E-state index in [4.69, 9.17) is 4.74 Å². The van der Waals surface area contributed by atoms with Gasteiger partial charge >= 0.3 is 5.97 Å². The second-order valence-electron chi connectivity index (χ2n) is 4.98. The topological polar surface area (TPSA) is 52.6 Å². The molecule has 0 aliphatic heterocycles. The van der Waals surface area contributed by atoms with Gasteiger partial charge in [-0.3, -0.25) is 4.79 Å². The molecule has 0 radical (unpaired) electrons. The molecular weight excluding hydrogens is 292 g/mol. The minimum atomic E-state index is -0.574. The van der Waals surface area contributed by atoms with Gasteiger partial charge in [-0.15, -0.1) is 0 Å². The highest BCUT2D eigenvalue weighted by Crippen LogP contribution is 2.31. The Labute approximate surface area is 135 Å². The predicted molar refractivity (Wildman–Crippen MR) is 88.5 cm³/mol. The molecule has 0 amide bonds. The lowest BCUT2D eigenvalue weighted by molar-refractivity contribution is -0.136. The Hall–Kier alpha value is -2.88. The maximum Gasteiger partial charge on any atom is 0.333 e. The Morgan fingerprint density at radius 3 is 2.35 bits per heavy atom. The van der Waals surface area contributed by atoms with Crippen LogP contribution in [0.1, 0.15) is 16.8 Å². The maximum atomic E-state index is 12.3. The number of benzene rings is 2. The fourth-order valence-corrected chi connectivity index (χ4v) is 2.24. The first-order valence-electron chi connectivity index (χ1n) is 7.09. The zero-order valence-electron chi connectivity index (χ0n) is 13.2. The van der Waals surface area contributed by atoms with Crippen LogP contribution in [0.3, 0.4) is 0 Å². The minimum absolute atomic E-state index is 0.0762. The Kier molecular flexibility index (Phi) is 5.31. The van der Waals surface area contributed by atoms with Crippen LogP contribution in [-0.4, -0.2) is 26.0 Å². The van der Waals surface area contributed by atoms with Crippen molar-refractivity contribution in [3.8, 4) is 16.9 Å². The van der Waals surface area contributed by atoms with Crippen molar-refractivity contribution in [2.24, 2.45) is 0 Å². The molecule has 4 heteroatoms. The molecule has 0 saturated carbocycles. The van der Waals surface area contributed by atoms with E-state index in [0.29, 0.717) is 11.3 Å². The molecule has 0 N–H and O–H groups in total. The monoisotopic (exact) mass is 310 g/mol. The summed E-state index contributed by atoms with van der Waals surface area (Å²) in [5.74, 6) is -0.0880. The van der Waals surface area contributed by atoms with Crippen LogP contribution < -0.4 is 4.74 Å². The lowest BCUT2D eigenvalue weighted by Gasteiger charge is -2.11. The van der Waals surface area contributed by atoms with Crippen LogP contribution in [0.4, 0.5) is 0 Å². The third-order valence-corrected chi connectivity index (χ3v) is 3.45. The largest absolute Gasteiger partial charge is 0.496 e. The van der Waals surface area contributed by atoms with Gasteiger partial charge in [0.25, 0.3) is 0 Å². The molecule has 0 unspecified atom stereocenters. The first kappa shape index (κ1) is 16.5. The standard InChI is InChI=1S/C19H18O4/c1-13(19(21)23-3)11-17(20)15-9-10-18(22-2)16(12-15)14-7-5-4-6-8-14/h4-10,12H,1,11H2,2-3H3. The second kappa shape index (κ2) is 7.40. The van der Waals surface area contributed by atoms with Gasteiger partial charge in [-0.1, -0.05) is 36.9 Å². The number of methoxy groups -OCH3 is 2. The highest BCUT2D eigenvalue weighted by molar-refractivity contribution is 6.04. The third-order valence-electron chi connectivity index (χ3n) is 3.45. The predicted octanol–water partition coefficient (Wildman–Crippen LogP) is 3.66. The number of ether oxygens (including phenoxy) is 2. The molecule has 0 aromatic heterocycles. The van der Waals surface area contributed by atoms with Crippen molar-refractivity contribution >= 4 is 11.8 Å². The smallest absolute Gasteiger partial charge is 0.333 e. The minimum Gasteiger partial charge on any atom is -0.496 e. The van der Waals surface area contributed by atoms with Crippen LogP contribution in [0, 0.1) is 0 Å². The molecule has 0 aliphatic carbocycles. The van der Waals surface area contributed by atoms with Crippen LogP contribution in [0.25, 0.3) is 11.1 Å². The van der Waals surface area contributed by atoms with Crippen LogP contribution in [0.5, 0.6) is 5.75 Å². The van der Waals surface area contributed by atoms with E-state index in [9.17, 15) is 9.59 Å². The molecule has 0 spiro atoms. The lowest BCUT2D eigenvalue weighted by Crippen LogP contribution is -2.09. The molecule has 0 heterocycles. The van der Waals surface area contributed by atoms with Gasteiger partial charge in [0.15, 0.2) is 5.78 Å². The average Bonchev–Trinajstić information content (AvgIpc) is 2.60. The summed E-state index contributed by atoms with van der Waals surface area (Å²) in [7, 11) is 2.85. The van der Waals surface area contributed by atoms with E-state index in [2.05, 4.69) is 11.3 Å². The molecule has 23 heavy (non-hydrogen) atoms.